The number of methoxy groups -OCH3 is 1. The van der Waals surface area contributed by atoms with Gasteiger partial charge in [-0.15, -0.1) is 0 Å². The molecule has 0 aliphatic heterocycles. The first-order valence-electron chi connectivity index (χ1n) is 7.54. The Bertz CT molecular complexity index is 1030. The zero-order valence-corrected chi connectivity index (χ0v) is 15.2. The van der Waals surface area contributed by atoms with Crippen LogP contribution in [0.4, 0.5) is 10.1 Å². The van der Waals surface area contributed by atoms with Gasteiger partial charge >= 0.3 is 0 Å². The van der Waals surface area contributed by atoms with E-state index in [2.05, 4.69) is 19.9 Å². The van der Waals surface area contributed by atoms with Gasteiger partial charge in [-0.2, -0.15) is 10.2 Å². The Hall–Kier alpha value is -2.79. The molecule has 0 saturated carbocycles. The van der Waals surface area contributed by atoms with Crippen LogP contribution in [0.5, 0.6) is 0 Å². The summed E-state index contributed by atoms with van der Waals surface area (Å²) in [4.78, 5) is 3.79. The van der Waals surface area contributed by atoms with E-state index in [0.29, 0.717) is 11.4 Å². The molecule has 0 spiro atoms. The highest BCUT2D eigenvalue weighted by Crippen LogP contribution is 2.24. The fourth-order valence-electron chi connectivity index (χ4n) is 2.61. The van der Waals surface area contributed by atoms with Gasteiger partial charge in [-0.1, -0.05) is 0 Å². The van der Waals surface area contributed by atoms with Crippen LogP contribution in [0.15, 0.2) is 35.7 Å². The molecular weight excluding hydrogens is 363 g/mol. The van der Waals surface area contributed by atoms with E-state index in [-0.39, 0.29) is 23.0 Å². The maximum absolute atomic E-state index is 14.3. The van der Waals surface area contributed by atoms with Crippen LogP contribution in [0.3, 0.4) is 0 Å². The van der Waals surface area contributed by atoms with E-state index in [1.165, 1.54) is 41.3 Å². The second-order valence-electron chi connectivity index (χ2n) is 5.53. The minimum absolute atomic E-state index is 0.0373. The summed E-state index contributed by atoms with van der Waals surface area (Å²) < 4.78 is 49.8. The van der Waals surface area contributed by atoms with Crippen molar-refractivity contribution < 1.29 is 17.5 Å². The Labute approximate surface area is 149 Å². The number of anilines is 1. The Morgan fingerprint density at radius 2 is 2.08 bits per heavy atom. The zero-order chi connectivity index (χ0) is 18.9. The third kappa shape index (κ3) is 3.30. The Kier molecular flexibility index (Phi) is 4.74. The Morgan fingerprint density at radius 3 is 2.69 bits per heavy atom. The molecule has 0 saturated heterocycles. The lowest BCUT2D eigenvalue weighted by atomic mass is 10.3. The van der Waals surface area contributed by atoms with Crippen LogP contribution in [0, 0.1) is 19.7 Å². The van der Waals surface area contributed by atoms with Crippen LogP contribution >= 0.6 is 0 Å². The molecule has 9 nitrogen and oxygen atoms in total. The smallest absolute Gasteiger partial charge is 0.265 e. The lowest BCUT2D eigenvalue weighted by Crippen LogP contribution is -2.15. The van der Waals surface area contributed by atoms with Crippen molar-refractivity contribution in [1.29, 1.82) is 0 Å². The lowest BCUT2D eigenvalue weighted by Gasteiger charge is -2.10. The van der Waals surface area contributed by atoms with Crippen molar-refractivity contribution in [2.75, 3.05) is 11.8 Å². The normalized spacial score (nSPS) is 11.7. The van der Waals surface area contributed by atoms with Crippen molar-refractivity contribution in [3.8, 4) is 5.69 Å². The predicted octanol–water partition coefficient (Wildman–Crippen LogP) is 1.62. The summed E-state index contributed by atoms with van der Waals surface area (Å²) in [5, 5.41) is 8.00. The van der Waals surface area contributed by atoms with Crippen LogP contribution in [0.2, 0.25) is 0 Å². The summed E-state index contributed by atoms with van der Waals surface area (Å²) in [6.45, 7) is 3.34. The summed E-state index contributed by atoms with van der Waals surface area (Å²) in [7, 11) is -2.46. The van der Waals surface area contributed by atoms with Gasteiger partial charge in [-0.25, -0.2) is 27.2 Å². The van der Waals surface area contributed by atoms with Gasteiger partial charge in [0.15, 0.2) is 5.82 Å². The van der Waals surface area contributed by atoms with Crippen LogP contribution in [-0.2, 0) is 21.5 Å². The molecule has 11 heteroatoms. The number of hydrogen-bond acceptors (Lipinski definition) is 6. The molecule has 0 aliphatic rings. The molecule has 0 radical (unpaired) electrons. The van der Waals surface area contributed by atoms with Crippen molar-refractivity contribution in [3.05, 3.63) is 48.1 Å². The molecule has 0 fully saturated rings. The topological polar surface area (TPSA) is 104 Å². The second-order valence-corrected chi connectivity index (χ2v) is 7.15. The van der Waals surface area contributed by atoms with Crippen LogP contribution < -0.4 is 4.72 Å². The van der Waals surface area contributed by atoms with Crippen molar-refractivity contribution in [3.63, 3.8) is 0 Å². The molecule has 2 aromatic heterocycles. The molecule has 138 valence electrons. The molecule has 0 atom stereocenters. The number of nitrogens with zero attached hydrogens (tertiary/aromatic N) is 5. The van der Waals surface area contributed by atoms with Gasteiger partial charge in [0, 0.05) is 13.2 Å². The second kappa shape index (κ2) is 6.84. The number of sulfonamides is 1. The predicted molar refractivity (Wildman–Crippen MR) is 90.8 cm³/mol. The van der Waals surface area contributed by atoms with E-state index < -0.39 is 15.8 Å². The lowest BCUT2D eigenvalue weighted by molar-refractivity contribution is 0.118. The molecule has 3 aromatic rings. The maximum atomic E-state index is 14.3. The number of aromatic nitrogens is 5. The maximum Gasteiger partial charge on any atom is 0.265 e. The molecule has 0 amide bonds. The van der Waals surface area contributed by atoms with Gasteiger partial charge in [0.2, 0.25) is 0 Å². The van der Waals surface area contributed by atoms with Crippen molar-refractivity contribution in [1.82, 2.24) is 24.5 Å². The van der Waals surface area contributed by atoms with E-state index in [1.54, 1.807) is 13.8 Å². The first-order chi connectivity index (χ1) is 12.3. The highest BCUT2D eigenvalue weighted by Gasteiger charge is 2.25. The van der Waals surface area contributed by atoms with Crippen LogP contribution in [0.25, 0.3) is 5.69 Å². The first-order valence-corrected chi connectivity index (χ1v) is 9.02. The number of ether oxygens (including phenoxy) is 1. The SMILES string of the molecule is COCn1nc(C)c(S(=O)(=O)Nc2ccc(-n3cncn3)c(F)c2)c1C. The number of nitrogens with one attached hydrogen (secondary N) is 1. The average Bonchev–Trinajstić information content (AvgIpc) is 3.16. The molecule has 0 aliphatic carbocycles. The van der Waals surface area contributed by atoms with Crippen LogP contribution in [0.1, 0.15) is 11.4 Å². The third-order valence-corrected chi connectivity index (χ3v) is 5.33. The fraction of sp³-hybridized carbons (Fsp3) is 0.267. The number of aryl methyl sites for hydroxylation is 1. The monoisotopic (exact) mass is 380 g/mol. The summed E-state index contributed by atoms with van der Waals surface area (Å²) in [5.41, 5.74) is 0.999. The van der Waals surface area contributed by atoms with E-state index in [1.807, 2.05) is 0 Å². The fourth-order valence-corrected chi connectivity index (χ4v) is 4.08. The van der Waals surface area contributed by atoms with Gasteiger partial charge in [0.25, 0.3) is 10.0 Å². The molecule has 0 bridgehead atoms. The van der Waals surface area contributed by atoms with E-state index in [0.717, 1.165) is 6.07 Å². The molecule has 3 rings (SSSR count). The van der Waals surface area contributed by atoms with Gasteiger partial charge in [0.05, 0.1) is 17.1 Å². The molecule has 0 unspecified atom stereocenters. The number of hydrogen-bond donors (Lipinski definition) is 1. The standard InChI is InChI=1S/C15H17FN6O3S/c1-10-15(11(2)22(19-10)9-25-3)26(23,24)20-12-4-5-14(13(16)6-12)21-8-17-7-18-21/h4-8,20H,9H2,1-3H3. The molecule has 1 aromatic carbocycles. The molecule has 2 heterocycles. The Balaban J connectivity index is 1.92. The highest BCUT2D eigenvalue weighted by molar-refractivity contribution is 7.92. The minimum atomic E-state index is -3.95. The summed E-state index contributed by atoms with van der Waals surface area (Å²) >= 11 is 0. The summed E-state index contributed by atoms with van der Waals surface area (Å²) in [5.74, 6) is -0.640. The Morgan fingerprint density at radius 1 is 1.31 bits per heavy atom. The first kappa shape index (κ1) is 18.0. The summed E-state index contributed by atoms with van der Waals surface area (Å²) in [6, 6.07) is 3.94. The minimum Gasteiger partial charge on any atom is -0.362 e. The van der Waals surface area contributed by atoms with E-state index in [9.17, 15) is 12.8 Å². The van der Waals surface area contributed by atoms with Gasteiger partial charge in [0.1, 0.15) is 30.0 Å². The average molecular weight is 380 g/mol. The number of halogens is 1. The van der Waals surface area contributed by atoms with Crippen molar-refractivity contribution >= 4 is 15.7 Å². The van der Waals surface area contributed by atoms with Crippen molar-refractivity contribution in [2.24, 2.45) is 0 Å². The molecular formula is C15H17FN6O3S. The third-order valence-electron chi connectivity index (χ3n) is 3.70. The zero-order valence-electron chi connectivity index (χ0n) is 14.3. The number of benzene rings is 1. The summed E-state index contributed by atoms with van der Waals surface area (Å²) in [6.07, 6.45) is 2.62. The van der Waals surface area contributed by atoms with Crippen molar-refractivity contribution in [2.45, 2.75) is 25.5 Å². The van der Waals surface area contributed by atoms with E-state index in [4.69, 9.17) is 4.74 Å². The molecule has 26 heavy (non-hydrogen) atoms. The molecule has 1 N–H and O–H groups in total. The largest absolute Gasteiger partial charge is 0.362 e. The quantitative estimate of drug-likeness (QED) is 0.697. The van der Waals surface area contributed by atoms with E-state index >= 15 is 0 Å². The van der Waals surface area contributed by atoms with Gasteiger partial charge in [-0.05, 0) is 26.0 Å². The van der Waals surface area contributed by atoms with Gasteiger partial charge < -0.3 is 4.74 Å². The van der Waals surface area contributed by atoms with Crippen LogP contribution in [-0.4, -0.2) is 40.1 Å². The van der Waals surface area contributed by atoms with Gasteiger partial charge in [-0.3, -0.25) is 4.72 Å². The number of rotatable bonds is 6. The highest BCUT2D eigenvalue weighted by atomic mass is 32.2.